The van der Waals surface area contributed by atoms with Crippen molar-refractivity contribution in [1.29, 1.82) is 0 Å². The number of rotatable bonds is 6. The van der Waals surface area contributed by atoms with Crippen LogP contribution in [0.4, 0.5) is 4.79 Å². The molecule has 2 fully saturated rings. The molecule has 2 unspecified atom stereocenters. The van der Waals surface area contributed by atoms with Crippen LogP contribution in [0.1, 0.15) is 88.7 Å². The van der Waals surface area contributed by atoms with E-state index in [2.05, 4.69) is 10.8 Å². The van der Waals surface area contributed by atoms with Crippen LogP contribution in [0, 0.1) is 5.41 Å². The molecule has 0 saturated carbocycles. The Hall–Kier alpha value is -2.65. The molecule has 194 valence electrons. The summed E-state index contributed by atoms with van der Waals surface area (Å²) < 4.78 is 10.9. The smallest absolute Gasteiger partial charge is 0.410 e. The molecule has 1 aromatic carbocycles. The lowest BCUT2D eigenvalue weighted by Gasteiger charge is -2.39. The molecule has 2 aliphatic heterocycles. The zero-order valence-electron chi connectivity index (χ0n) is 21.5. The molecular weight excluding hydrogens is 450 g/mol. The van der Waals surface area contributed by atoms with Crippen molar-refractivity contribution in [3.05, 3.63) is 35.4 Å². The third-order valence-corrected chi connectivity index (χ3v) is 6.51. The molecule has 1 aromatic rings. The van der Waals surface area contributed by atoms with Gasteiger partial charge in [-0.25, -0.2) is 15.1 Å². The minimum Gasteiger partial charge on any atom is -0.444 e. The highest BCUT2D eigenvalue weighted by atomic mass is 16.8. The third-order valence-electron chi connectivity index (χ3n) is 6.51. The highest BCUT2D eigenvalue weighted by molar-refractivity contribution is 5.93. The van der Waals surface area contributed by atoms with Crippen molar-refractivity contribution < 1.29 is 28.7 Å². The normalized spacial score (nSPS) is 21.1. The van der Waals surface area contributed by atoms with Crippen molar-refractivity contribution in [2.75, 3.05) is 19.7 Å². The SMILES string of the molecule is CC(NC(=O)C1(C)CCN(C(=O)OC(C)(C)C)CC1)c1ccc(C(=O)NOC2CCCCO2)cc1. The molecule has 2 N–H and O–H groups in total. The summed E-state index contributed by atoms with van der Waals surface area (Å²) in [7, 11) is 0. The van der Waals surface area contributed by atoms with Gasteiger partial charge < -0.3 is 19.7 Å². The third kappa shape index (κ3) is 7.67. The van der Waals surface area contributed by atoms with Crippen LogP contribution in [-0.2, 0) is 19.1 Å². The fourth-order valence-electron chi connectivity index (χ4n) is 4.10. The number of likely N-dealkylation sites (tertiary alicyclic amines) is 1. The summed E-state index contributed by atoms with van der Waals surface area (Å²) in [6, 6.07) is 6.83. The summed E-state index contributed by atoms with van der Waals surface area (Å²) in [6.45, 7) is 11.0. The Kier molecular flexibility index (Phi) is 8.77. The van der Waals surface area contributed by atoms with Crippen molar-refractivity contribution in [2.45, 2.75) is 84.7 Å². The monoisotopic (exact) mass is 489 g/mol. The van der Waals surface area contributed by atoms with Crippen LogP contribution >= 0.6 is 0 Å². The lowest BCUT2D eigenvalue weighted by molar-refractivity contribution is -0.186. The average Bonchev–Trinajstić information content (AvgIpc) is 2.82. The standard InChI is InChI=1S/C26H39N3O6/c1-18(19-9-11-20(12-10-19)22(30)28-35-21-8-6-7-17-33-21)27-23(31)26(5)13-15-29(16-14-26)24(32)34-25(2,3)4/h9-12,18,21H,6-8,13-17H2,1-5H3,(H,27,31)(H,28,30). The molecular formula is C26H39N3O6. The summed E-state index contributed by atoms with van der Waals surface area (Å²) in [5.74, 6) is -0.386. The quantitative estimate of drug-likeness (QED) is 0.583. The molecule has 2 atom stereocenters. The van der Waals surface area contributed by atoms with Gasteiger partial charge >= 0.3 is 6.09 Å². The first kappa shape index (κ1) is 26.9. The van der Waals surface area contributed by atoms with Crippen LogP contribution in [0.5, 0.6) is 0 Å². The Bertz CT molecular complexity index is 881. The number of benzene rings is 1. The molecule has 0 bridgehead atoms. The van der Waals surface area contributed by atoms with E-state index in [9.17, 15) is 14.4 Å². The van der Waals surface area contributed by atoms with E-state index in [1.54, 1.807) is 17.0 Å². The maximum atomic E-state index is 13.1. The number of hydrogen-bond acceptors (Lipinski definition) is 6. The highest BCUT2D eigenvalue weighted by Gasteiger charge is 2.39. The molecule has 9 nitrogen and oxygen atoms in total. The van der Waals surface area contributed by atoms with Gasteiger partial charge in [0.25, 0.3) is 5.91 Å². The van der Waals surface area contributed by atoms with Gasteiger partial charge in [0, 0.05) is 37.1 Å². The first-order chi connectivity index (χ1) is 16.5. The van der Waals surface area contributed by atoms with E-state index < -0.39 is 17.3 Å². The topological polar surface area (TPSA) is 106 Å². The van der Waals surface area contributed by atoms with Crippen LogP contribution in [0.2, 0.25) is 0 Å². The summed E-state index contributed by atoms with van der Waals surface area (Å²) in [4.78, 5) is 44.8. The Balaban J connectivity index is 1.48. The Morgan fingerprint density at radius 3 is 2.34 bits per heavy atom. The Morgan fingerprint density at radius 2 is 1.77 bits per heavy atom. The largest absolute Gasteiger partial charge is 0.444 e. The second-order valence-electron chi connectivity index (χ2n) is 10.7. The van der Waals surface area contributed by atoms with Gasteiger partial charge in [0.05, 0.1) is 6.04 Å². The molecule has 0 spiro atoms. The second kappa shape index (κ2) is 11.4. The van der Waals surface area contributed by atoms with E-state index in [4.69, 9.17) is 14.3 Å². The molecule has 3 rings (SSSR count). The van der Waals surface area contributed by atoms with Crippen LogP contribution in [0.15, 0.2) is 24.3 Å². The van der Waals surface area contributed by atoms with Gasteiger partial charge in [0.15, 0.2) is 6.29 Å². The molecule has 2 saturated heterocycles. The van der Waals surface area contributed by atoms with Crippen molar-refractivity contribution in [3.63, 3.8) is 0 Å². The molecule has 2 heterocycles. The van der Waals surface area contributed by atoms with E-state index in [1.807, 2.05) is 46.8 Å². The summed E-state index contributed by atoms with van der Waals surface area (Å²) in [5, 5.41) is 3.09. The maximum Gasteiger partial charge on any atom is 0.410 e. The van der Waals surface area contributed by atoms with Gasteiger partial charge in [-0.1, -0.05) is 19.1 Å². The lowest BCUT2D eigenvalue weighted by Crippen LogP contribution is -2.50. The minimum absolute atomic E-state index is 0.0449. The zero-order valence-corrected chi connectivity index (χ0v) is 21.5. The van der Waals surface area contributed by atoms with E-state index in [0.717, 1.165) is 24.8 Å². The number of piperidine rings is 1. The Morgan fingerprint density at radius 1 is 1.11 bits per heavy atom. The molecule has 2 aliphatic rings. The first-order valence-corrected chi connectivity index (χ1v) is 12.4. The number of carbonyl (C=O) groups excluding carboxylic acids is 3. The van der Waals surface area contributed by atoms with Gasteiger partial charge in [-0.2, -0.15) is 0 Å². The predicted molar refractivity (Wildman–Crippen MR) is 130 cm³/mol. The van der Waals surface area contributed by atoms with E-state index in [-0.39, 0.29) is 23.9 Å². The molecule has 0 aliphatic carbocycles. The van der Waals surface area contributed by atoms with E-state index in [0.29, 0.717) is 38.1 Å². The first-order valence-electron chi connectivity index (χ1n) is 12.4. The Labute approximate surface area is 207 Å². The van der Waals surface area contributed by atoms with Crippen LogP contribution < -0.4 is 10.8 Å². The van der Waals surface area contributed by atoms with Crippen molar-refractivity contribution in [3.8, 4) is 0 Å². The minimum atomic E-state index is -0.564. The van der Waals surface area contributed by atoms with Crippen molar-refractivity contribution in [1.82, 2.24) is 15.7 Å². The van der Waals surface area contributed by atoms with Gasteiger partial charge in [0.1, 0.15) is 5.60 Å². The van der Waals surface area contributed by atoms with Gasteiger partial charge in [-0.15, -0.1) is 0 Å². The maximum absolute atomic E-state index is 13.1. The number of nitrogens with one attached hydrogen (secondary N) is 2. The number of ether oxygens (including phenoxy) is 2. The fourth-order valence-corrected chi connectivity index (χ4v) is 4.10. The highest BCUT2D eigenvalue weighted by Crippen LogP contribution is 2.32. The second-order valence-corrected chi connectivity index (χ2v) is 10.7. The molecule has 0 radical (unpaired) electrons. The van der Waals surface area contributed by atoms with E-state index >= 15 is 0 Å². The van der Waals surface area contributed by atoms with Gasteiger partial charge in [0.2, 0.25) is 5.91 Å². The lowest BCUT2D eigenvalue weighted by atomic mass is 9.79. The van der Waals surface area contributed by atoms with Gasteiger partial charge in [-0.05, 0) is 71.1 Å². The average molecular weight is 490 g/mol. The van der Waals surface area contributed by atoms with E-state index in [1.165, 1.54) is 0 Å². The van der Waals surface area contributed by atoms with Gasteiger partial charge in [-0.3, -0.25) is 9.59 Å². The molecule has 9 heteroatoms. The van der Waals surface area contributed by atoms with Crippen LogP contribution in [-0.4, -0.2) is 54.4 Å². The molecule has 3 amide bonds. The molecule has 35 heavy (non-hydrogen) atoms. The van der Waals surface area contributed by atoms with Crippen LogP contribution in [0.3, 0.4) is 0 Å². The number of carbonyl (C=O) groups is 3. The number of hydroxylamine groups is 1. The number of hydrogen-bond donors (Lipinski definition) is 2. The number of amides is 3. The number of nitrogens with zero attached hydrogens (tertiary/aromatic N) is 1. The fraction of sp³-hybridized carbons (Fsp3) is 0.654. The zero-order chi connectivity index (χ0) is 25.6. The van der Waals surface area contributed by atoms with Crippen molar-refractivity contribution >= 4 is 17.9 Å². The van der Waals surface area contributed by atoms with Crippen LogP contribution in [0.25, 0.3) is 0 Å². The van der Waals surface area contributed by atoms with Crippen molar-refractivity contribution in [2.24, 2.45) is 5.41 Å². The summed E-state index contributed by atoms with van der Waals surface area (Å²) in [5.41, 5.74) is 2.70. The molecule has 0 aromatic heterocycles. The predicted octanol–water partition coefficient (Wildman–Crippen LogP) is 4.09. The summed E-state index contributed by atoms with van der Waals surface area (Å²) in [6.07, 6.45) is 3.17. The summed E-state index contributed by atoms with van der Waals surface area (Å²) >= 11 is 0.